The number of ether oxygens (including phenoxy) is 1. The lowest BCUT2D eigenvalue weighted by atomic mass is 9.85. The van der Waals surface area contributed by atoms with Crippen LogP contribution in [0.3, 0.4) is 0 Å². The third-order valence-electron chi connectivity index (χ3n) is 4.98. The molecule has 0 N–H and O–H groups in total. The first-order chi connectivity index (χ1) is 9.75. The topological polar surface area (TPSA) is 38.7 Å². The van der Waals surface area contributed by atoms with Gasteiger partial charge in [-0.05, 0) is 36.8 Å². The molecule has 0 saturated heterocycles. The Morgan fingerprint density at radius 2 is 1.90 bits per heavy atom. The summed E-state index contributed by atoms with van der Waals surface area (Å²) in [6, 6.07) is 8.64. The second-order valence-electron chi connectivity index (χ2n) is 6.24. The lowest BCUT2D eigenvalue weighted by Crippen LogP contribution is -2.21. The molecule has 0 spiro atoms. The number of hydrogen-bond acceptors (Lipinski definition) is 3. The summed E-state index contributed by atoms with van der Waals surface area (Å²) in [5, 5.41) is 0. The van der Waals surface area contributed by atoms with Gasteiger partial charge in [0.15, 0.2) is 0 Å². The molecule has 3 heteroatoms. The normalized spacial score (nSPS) is 22.2. The lowest BCUT2D eigenvalue weighted by molar-refractivity contribution is 0.171. The van der Waals surface area contributed by atoms with E-state index in [1.54, 1.807) is 13.2 Å². The number of isocyanates is 1. The van der Waals surface area contributed by atoms with Crippen molar-refractivity contribution >= 4 is 6.08 Å². The van der Waals surface area contributed by atoms with Gasteiger partial charge in [-0.2, -0.15) is 4.99 Å². The van der Waals surface area contributed by atoms with Gasteiger partial charge in [-0.1, -0.05) is 37.1 Å². The average molecular weight is 271 g/mol. The van der Waals surface area contributed by atoms with Crippen LogP contribution in [0, 0.1) is 0 Å². The highest BCUT2D eigenvalue weighted by atomic mass is 16.5. The second-order valence-corrected chi connectivity index (χ2v) is 6.24. The van der Waals surface area contributed by atoms with E-state index < -0.39 is 0 Å². The van der Waals surface area contributed by atoms with Crippen LogP contribution in [0.4, 0.5) is 0 Å². The van der Waals surface area contributed by atoms with Crippen molar-refractivity contribution < 1.29 is 9.53 Å². The van der Waals surface area contributed by atoms with Crippen LogP contribution in [0.5, 0.6) is 0 Å². The molecule has 1 aromatic rings. The second kappa shape index (κ2) is 5.16. The Kier molecular flexibility index (Phi) is 3.49. The first-order valence-corrected chi connectivity index (χ1v) is 7.44. The molecule has 20 heavy (non-hydrogen) atoms. The summed E-state index contributed by atoms with van der Waals surface area (Å²) in [5.74, 6) is 0. The summed E-state index contributed by atoms with van der Waals surface area (Å²) in [4.78, 5) is 15.0. The molecule has 2 fully saturated rings. The van der Waals surface area contributed by atoms with Gasteiger partial charge in [-0.25, -0.2) is 4.79 Å². The first kappa shape index (κ1) is 13.5. The zero-order chi connectivity index (χ0) is 14.1. The van der Waals surface area contributed by atoms with Crippen LogP contribution in [0.1, 0.15) is 49.7 Å². The molecule has 0 heterocycles. The fourth-order valence-electron chi connectivity index (χ4n) is 3.59. The number of carbonyl (C=O) groups excluding carboxylic acids is 1. The van der Waals surface area contributed by atoms with Gasteiger partial charge in [0, 0.05) is 12.5 Å². The van der Waals surface area contributed by atoms with Gasteiger partial charge in [0.05, 0.1) is 12.1 Å². The minimum Gasteiger partial charge on any atom is -0.384 e. The highest BCUT2D eigenvalue weighted by molar-refractivity contribution is 5.42. The standard InChI is InChI=1S/C17H21NO2/c1-20-12-16(9-10-16)14-5-4-6-15(11-14)17(18-13-19)7-2-3-8-17/h4-6,11H,2-3,7-10,12H2,1H3. The van der Waals surface area contributed by atoms with Crippen LogP contribution >= 0.6 is 0 Å². The van der Waals surface area contributed by atoms with Crippen LogP contribution in [0.15, 0.2) is 29.3 Å². The molecule has 0 amide bonds. The summed E-state index contributed by atoms with van der Waals surface area (Å²) < 4.78 is 5.38. The Hall–Kier alpha value is -1.44. The Balaban J connectivity index is 1.97. The van der Waals surface area contributed by atoms with Crippen LogP contribution in [-0.4, -0.2) is 19.8 Å². The molecule has 3 rings (SSSR count). The monoisotopic (exact) mass is 271 g/mol. The van der Waals surface area contributed by atoms with E-state index in [-0.39, 0.29) is 11.0 Å². The Morgan fingerprint density at radius 3 is 2.50 bits per heavy atom. The Morgan fingerprint density at radius 1 is 1.20 bits per heavy atom. The largest absolute Gasteiger partial charge is 0.384 e. The predicted octanol–water partition coefficient (Wildman–Crippen LogP) is 3.47. The molecule has 0 unspecified atom stereocenters. The van der Waals surface area contributed by atoms with Gasteiger partial charge in [0.1, 0.15) is 0 Å². The Bertz CT molecular complexity index is 536. The number of rotatable bonds is 5. The molecule has 1 aromatic carbocycles. The molecular formula is C17H21NO2. The van der Waals surface area contributed by atoms with Crippen LogP contribution in [0.25, 0.3) is 0 Å². The molecule has 2 saturated carbocycles. The van der Waals surface area contributed by atoms with Gasteiger partial charge in [-0.15, -0.1) is 0 Å². The maximum atomic E-state index is 10.8. The van der Waals surface area contributed by atoms with Gasteiger partial charge in [0.2, 0.25) is 6.08 Å². The molecule has 3 nitrogen and oxygen atoms in total. The van der Waals surface area contributed by atoms with E-state index in [2.05, 4.69) is 29.3 Å². The van der Waals surface area contributed by atoms with E-state index in [9.17, 15) is 4.79 Å². The molecule has 0 aliphatic heterocycles. The third-order valence-corrected chi connectivity index (χ3v) is 4.98. The molecule has 0 atom stereocenters. The van der Waals surface area contributed by atoms with E-state index in [1.807, 2.05) is 0 Å². The summed E-state index contributed by atoms with van der Waals surface area (Å²) in [7, 11) is 1.76. The molecule has 2 aliphatic carbocycles. The van der Waals surface area contributed by atoms with Gasteiger partial charge < -0.3 is 4.74 Å². The van der Waals surface area contributed by atoms with Crippen LogP contribution < -0.4 is 0 Å². The van der Waals surface area contributed by atoms with Crippen molar-refractivity contribution in [3.63, 3.8) is 0 Å². The molecule has 0 aromatic heterocycles. The fourth-order valence-corrected chi connectivity index (χ4v) is 3.59. The van der Waals surface area contributed by atoms with Crippen molar-refractivity contribution in [2.75, 3.05) is 13.7 Å². The van der Waals surface area contributed by atoms with Crippen molar-refractivity contribution in [1.82, 2.24) is 0 Å². The van der Waals surface area contributed by atoms with Crippen LogP contribution in [0.2, 0.25) is 0 Å². The smallest absolute Gasteiger partial charge is 0.235 e. The number of aliphatic imine (C=N–C) groups is 1. The molecule has 0 radical (unpaired) electrons. The minimum atomic E-state index is -0.319. The predicted molar refractivity (Wildman–Crippen MR) is 77.5 cm³/mol. The maximum absolute atomic E-state index is 10.8. The summed E-state index contributed by atoms with van der Waals surface area (Å²) in [5.41, 5.74) is 2.40. The van der Waals surface area contributed by atoms with Crippen molar-refractivity contribution in [3.8, 4) is 0 Å². The highest BCUT2D eigenvalue weighted by Gasteiger charge is 2.45. The number of hydrogen-bond donors (Lipinski definition) is 0. The van der Waals surface area contributed by atoms with Crippen molar-refractivity contribution in [2.24, 2.45) is 4.99 Å². The summed E-state index contributed by atoms with van der Waals surface area (Å²) in [6.45, 7) is 0.778. The zero-order valence-electron chi connectivity index (χ0n) is 12.0. The zero-order valence-corrected chi connectivity index (χ0v) is 12.0. The van der Waals surface area contributed by atoms with Gasteiger partial charge >= 0.3 is 0 Å². The molecule has 0 bridgehead atoms. The first-order valence-electron chi connectivity index (χ1n) is 7.44. The SMILES string of the molecule is COCC1(c2cccc(C3(N=C=O)CCCC3)c2)CC1. The van der Waals surface area contributed by atoms with Gasteiger partial charge in [0.25, 0.3) is 0 Å². The van der Waals surface area contributed by atoms with E-state index >= 15 is 0 Å². The van der Waals surface area contributed by atoms with Crippen molar-refractivity contribution in [2.45, 2.75) is 49.5 Å². The van der Waals surface area contributed by atoms with Crippen LogP contribution in [-0.2, 0) is 20.5 Å². The number of methoxy groups -OCH3 is 1. The molecular weight excluding hydrogens is 250 g/mol. The third kappa shape index (κ3) is 2.21. The van der Waals surface area contributed by atoms with E-state index in [1.165, 1.54) is 24.0 Å². The van der Waals surface area contributed by atoms with E-state index in [4.69, 9.17) is 4.74 Å². The average Bonchev–Trinajstić information content (AvgIpc) is 3.10. The quantitative estimate of drug-likeness (QED) is 0.607. The van der Waals surface area contributed by atoms with Crippen molar-refractivity contribution in [1.29, 1.82) is 0 Å². The maximum Gasteiger partial charge on any atom is 0.235 e. The Labute approximate surface area is 120 Å². The van der Waals surface area contributed by atoms with E-state index in [0.29, 0.717) is 0 Å². The van der Waals surface area contributed by atoms with Gasteiger partial charge in [-0.3, -0.25) is 0 Å². The number of benzene rings is 1. The lowest BCUT2D eigenvalue weighted by Gasteiger charge is -2.25. The molecule has 106 valence electrons. The minimum absolute atomic E-state index is 0.204. The van der Waals surface area contributed by atoms with Crippen molar-refractivity contribution in [3.05, 3.63) is 35.4 Å². The van der Waals surface area contributed by atoms with E-state index in [0.717, 1.165) is 32.3 Å². The molecule has 2 aliphatic rings. The summed E-state index contributed by atoms with van der Waals surface area (Å²) in [6.07, 6.45) is 8.37. The fraction of sp³-hybridized carbons (Fsp3) is 0.588. The highest BCUT2D eigenvalue weighted by Crippen LogP contribution is 2.50. The summed E-state index contributed by atoms with van der Waals surface area (Å²) >= 11 is 0. The number of nitrogens with zero attached hydrogens (tertiary/aromatic N) is 1.